The maximum Gasteiger partial charge on any atom is 0.411 e. The monoisotopic (exact) mass is 421 g/mol. The standard InChI is InChI=1S/C23H20ClN3O3/c24-18-9-17(22(28)27-21-8-4-7-16-12-25-13-20(16)21)10-19(11-18)26-23(29)30-14-15-5-2-1-3-6-15/h1-11,25H,12-14H2,(H,26,29)(H,27,28). The molecule has 0 unspecified atom stereocenters. The zero-order valence-electron chi connectivity index (χ0n) is 16.1. The van der Waals surface area contributed by atoms with Gasteiger partial charge < -0.3 is 15.4 Å². The van der Waals surface area contributed by atoms with Crippen LogP contribution in [0.4, 0.5) is 16.2 Å². The number of ether oxygens (including phenoxy) is 1. The van der Waals surface area contributed by atoms with Gasteiger partial charge in [0.05, 0.1) is 0 Å². The average Bonchev–Trinajstić information content (AvgIpc) is 3.22. The van der Waals surface area contributed by atoms with Crippen molar-refractivity contribution >= 4 is 35.0 Å². The molecule has 0 saturated carbocycles. The van der Waals surface area contributed by atoms with Gasteiger partial charge in [0.15, 0.2) is 0 Å². The second-order valence-electron chi connectivity index (χ2n) is 6.92. The van der Waals surface area contributed by atoms with Crippen molar-refractivity contribution in [2.24, 2.45) is 0 Å². The largest absolute Gasteiger partial charge is 0.444 e. The molecule has 0 bridgehead atoms. The van der Waals surface area contributed by atoms with Crippen molar-refractivity contribution in [2.45, 2.75) is 19.7 Å². The van der Waals surface area contributed by atoms with Crippen molar-refractivity contribution in [3.63, 3.8) is 0 Å². The molecule has 3 N–H and O–H groups in total. The Morgan fingerprint density at radius 1 is 0.967 bits per heavy atom. The molecule has 0 aromatic heterocycles. The molecule has 0 atom stereocenters. The summed E-state index contributed by atoms with van der Waals surface area (Å²) < 4.78 is 5.22. The lowest BCUT2D eigenvalue weighted by Gasteiger charge is -2.12. The highest BCUT2D eigenvalue weighted by molar-refractivity contribution is 6.31. The summed E-state index contributed by atoms with van der Waals surface area (Å²) in [5.41, 5.74) is 4.61. The Morgan fingerprint density at radius 2 is 1.80 bits per heavy atom. The maximum atomic E-state index is 12.8. The van der Waals surface area contributed by atoms with E-state index in [0.717, 1.165) is 23.4 Å². The molecule has 3 aromatic rings. The molecule has 1 aliphatic heterocycles. The third kappa shape index (κ3) is 4.79. The number of rotatable bonds is 5. The quantitative estimate of drug-likeness (QED) is 0.545. The van der Waals surface area contributed by atoms with Gasteiger partial charge in [0, 0.05) is 35.1 Å². The average molecular weight is 422 g/mol. The van der Waals surface area contributed by atoms with Gasteiger partial charge in [-0.1, -0.05) is 54.1 Å². The first-order valence-electron chi connectivity index (χ1n) is 9.49. The van der Waals surface area contributed by atoms with Crippen LogP contribution in [0.2, 0.25) is 5.02 Å². The van der Waals surface area contributed by atoms with Gasteiger partial charge in [0.25, 0.3) is 5.91 Å². The molecule has 0 spiro atoms. The Labute approximate surface area is 179 Å². The SMILES string of the molecule is O=C(Nc1cc(Cl)cc(C(=O)Nc2cccc3c2CNC3)c1)OCc1ccccc1. The lowest BCUT2D eigenvalue weighted by Crippen LogP contribution is -2.16. The Kier molecular flexibility index (Phi) is 5.97. The first-order valence-corrected chi connectivity index (χ1v) is 9.87. The van der Waals surface area contributed by atoms with Gasteiger partial charge in [-0.2, -0.15) is 0 Å². The highest BCUT2D eigenvalue weighted by Gasteiger charge is 2.17. The molecule has 0 fully saturated rings. The lowest BCUT2D eigenvalue weighted by atomic mass is 10.1. The van der Waals surface area contributed by atoms with E-state index in [1.165, 1.54) is 5.56 Å². The van der Waals surface area contributed by atoms with Crippen LogP contribution in [-0.4, -0.2) is 12.0 Å². The Hall–Kier alpha value is -3.35. The Bertz CT molecular complexity index is 1090. The van der Waals surface area contributed by atoms with Crippen LogP contribution in [0, 0.1) is 0 Å². The van der Waals surface area contributed by atoms with Gasteiger partial charge in [-0.05, 0) is 41.0 Å². The fourth-order valence-electron chi connectivity index (χ4n) is 3.31. The third-order valence-corrected chi connectivity index (χ3v) is 4.98. The summed E-state index contributed by atoms with van der Waals surface area (Å²) in [5, 5.41) is 9.15. The van der Waals surface area contributed by atoms with Crippen LogP contribution >= 0.6 is 11.6 Å². The van der Waals surface area contributed by atoms with Crippen LogP contribution in [0.25, 0.3) is 0 Å². The molecule has 152 valence electrons. The van der Waals surface area contributed by atoms with E-state index in [2.05, 4.69) is 16.0 Å². The van der Waals surface area contributed by atoms with E-state index in [1.807, 2.05) is 48.5 Å². The molecular weight excluding hydrogens is 402 g/mol. The fraction of sp³-hybridized carbons (Fsp3) is 0.130. The molecule has 7 heteroatoms. The summed E-state index contributed by atoms with van der Waals surface area (Å²) in [6, 6.07) is 19.9. The molecule has 3 aromatic carbocycles. The summed E-state index contributed by atoms with van der Waals surface area (Å²) in [4.78, 5) is 24.9. The van der Waals surface area contributed by atoms with Gasteiger partial charge >= 0.3 is 6.09 Å². The summed E-state index contributed by atoms with van der Waals surface area (Å²) in [6.07, 6.45) is -0.626. The van der Waals surface area contributed by atoms with Crippen molar-refractivity contribution < 1.29 is 14.3 Å². The summed E-state index contributed by atoms with van der Waals surface area (Å²) in [7, 11) is 0. The van der Waals surface area contributed by atoms with Crippen molar-refractivity contribution in [1.29, 1.82) is 0 Å². The molecule has 30 heavy (non-hydrogen) atoms. The summed E-state index contributed by atoms with van der Waals surface area (Å²) >= 11 is 6.17. The number of hydrogen-bond donors (Lipinski definition) is 3. The van der Waals surface area contributed by atoms with Gasteiger partial charge in [0.2, 0.25) is 0 Å². The van der Waals surface area contributed by atoms with Crippen LogP contribution in [0.5, 0.6) is 0 Å². The minimum atomic E-state index is -0.626. The van der Waals surface area contributed by atoms with E-state index < -0.39 is 6.09 Å². The Balaban J connectivity index is 1.43. The van der Waals surface area contributed by atoms with Crippen LogP contribution < -0.4 is 16.0 Å². The van der Waals surface area contributed by atoms with Crippen LogP contribution in [0.1, 0.15) is 27.0 Å². The highest BCUT2D eigenvalue weighted by Crippen LogP contribution is 2.26. The number of fused-ring (bicyclic) bond motifs is 1. The minimum Gasteiger partial charge on any atom is -0.444 e. The number of amides is 2. The zero-order valence-corrected chi connectivity index (χ0v) is 16.8. The molecule has 0 aliphatic carbocycles. The molecule has 1 heterocycles. The van der Waals surface area contributed by atoms with Gasteiger partial charge in [-0.25, -0.2) is 4.79 Å². The van der Waals surface area contributed by atoms with E-state index in [0.29, 0.717) is 22.8 Å². The van der Waals surface area contributed by atoms with Crippen molar-refractivity contribution in [3.8, 4) is 0 Å². The van der Waals surface area contributed by atoms with Gasteiger partial charge in [-0.15, -0.1) is 0 Å². The van der Waals surface area contributed by atoms with Crippen LogP contribution in [-0.2, 0) is 24.4 Å². The maximum absolute atomic E-state index is 12.8. The van der Waals surface area contributed by atoms with E-state index in [4.69, 9.17) is 16.3 Å². The number of anilines is 2. The highest BCUT2D eigenvalue weighted by atomic mass is 35.5. The number of halogens is 1. The first-order chi connectivity index (χ1) is 14.6. The second-order valence-corrected chi connectivity index (χ2v) is 7.35. The predicted molar refractivity (Wildman–Crippen MR) is 117 cm³/mol. The van der Waals surface area contributed by atoms with Crippen LogP contribution in [0.3, 0.4) is 0 Å². The first kappa shape index (κ1) is 19.9. The number of hydrogen-bond acceptors (Lipinski definition) is 4. The van der Waals surface area contributed by atoms with Gasteiger partial charge in [0.1, 0.15) is 6.61 Å². The number of carbonyl (C=O) groups excluding carboxylic acids is 2. The number of nitrogens with one attached hydrogen (secondary N) is 3. The van der Waals surface area contributed by atoms with Gasteiger partial charge in [-0.3, -0.25) is 10.1 Å². The summed E-state index contributed by atoms with van der Waals surface area (Å²) in [5.74, 6) is -0.307. The fourth-order valence-corrected chi connectivity index (χ4v) is 3.55. The molecule has 2 amide bonds. The molecular formula is C23H20ClN3O3. The predicted octanol–water partition coefficient (Wildman–Crippen LogP) is 4.94. The van der Waals surface area contributed by atoms with E-state index in [9.17, 15) is 9.59 Å². The van der Waals surface area contributed by atoms with E-state index >= 15 is 0 Å². The number of benzene rings is 3. The smallest absolute Gasteiger partial charge is 0.411 e. The lowest BCUT2D eigenvalue weighted by molar-refractivity contribution is 0.102. The Morgan fingerprint density at radius 3 is 2.63 bits per heavy atom. The molecule has 0 saturated heterocycles. The van der Waals surface area contributed by atoms with E-state index in [-0.39, 0.29) is 12.5 Å². The van der Waals surface area contributed by atoms with Crippen molar-refractivity contribution in [3.05, 3.63) is 94.0 Å². The molecule has 1 aliphatic rings. The van der Waals surface area contributed by atoms with Crippen molar-refractivity contribution in [2.75, 3.05) is 10.6 Å². The normalized spacial score (nSPS) is 12.2. The molecule has 0 radical (unpaired) electrons. The minimum absolute atomic E-state index is 0.147. The third-order valence-electron chi connectivity index (χ3n) is 4.76. The second kappa shape index (κ2) is 8.98. The van der Waals surface area contributed by atoms with E-state index in [1.54, 1.807) is 18.2 Å². The summed E-state index contributed by atoms with van der Waals surface area (Å²) in [6.45, 7) is 1.64. The molecule has 4 rings (SSSR count). The topological polar surface area (TPSA) is 79.5 Å². The van der Waals surface area contributed by atoms with Crippen LogP contribution in [0.15, 0.2) is 66.7 Å². The molecule has 6 nitrogen and oxygen atoms in total. The number of carbonyl (C=O) groups is 2. The zero-order chi connectivity index (χ0) is 20.9. The van der Waals surface area contributed by atoms with Crippen molar-refractivity contribution in [1.82, 2.24) is 5.32 Å².